The molecule has 0 aliphatic carbocycles. The molecular weight excluding hydrogens is 246 g/mol. The molecular formula is C15H14ClNO. The summed E-state index contributed by atoms with van der Waals surface area (Å²) in [5, 5.41) is 0.759. The number of nitrogens with zero attached hydrogens (tertiary/aromatic N) is 1. The van der Waals surface area contributed by atoms with Gasteiger partial charge in [0.25, 0.3) is 0 Å². The monoisotopic (exact) mass is 259 g/mol. The van der Waals surface area contributed by atoms with E-state index in [0.29, 0.717) is 6.73 Å². The van der Waals surface area contributed by atoms with Crippen LogP contribution in [0.15, 0.2) is 54.6 Å². The lowest BCUT2D eigenvalue weighted by Gasteiger charge is -2.24. The van der Waals surface area contributed by atoms with Crippen LogP contribution in [0.4, 0.5) is 5.69 Å². The first-order valence-electron chi connectivity index (χ1n) is 5.99. The third kappa shape index (κ3) is 2.22. The number of hydrogen-bond acceptors (Lipinski definition) is 2. The lowest BCUT2D eigenvalue weighted by molar-refractivity contribution is 0.194. The van der Waals surface area contributed by atoms with Crippen LogP contribution in [0.5, 0.6) is 0 Å². The highest BCUT2D eigenvalue weighted by Gasteiger charge is 2.26. The highest BCUT2D eigenvalue weighted by Crippen LogP contribution is 2.31. The molecule has 0 bridgehead atoms. The number of ether oxygens (including phenoxy) is 1. The molecule has 18 heavy (non-hydrogen) atoms. The van der Waals surface area contributed by atoms with E-state index in [1.165, 1.54) is 5.56 Å². The van der Waals surface area contributed by atoms with Gasteiger partial charge in [0.15, 0.2) is 0 Å². The van der Waals surface area contributed by atoms with Crippen LogP contribution in [0.25, 0.3) is 0 Å². The molecule has 1 unspecified atom stereocenters. The molecule has 0 saturated carbocycles. The molecule has 1 fully saturated rings. The first kappa shape index (κ1) is 11.6. The molecule has 2 aromatic carbocycles. The summed E-state index contributed by atoms with van der Waals surface area (Å²) in [4.78, 5) is 2.26. The second-order valence-electron chi connectivity index (χ2n) is 4.37. The molecule has 3 rings (SSSR count). The maximum absolute atomic E-state index is 5.92. The van der Waals surface area contributed by atoms with E-state index in [0.717, 1.165) is 17.3 Å². The van der Waals surface area contributed by atoms with Gasteiger partial charge in [-0.3, -0.25) is 0 Å². The Morgan fingerprint density at radius 1 is 1.00 bits per heavy atom. The zero-order valence-corrected chi connectivity index (χ0v) is 10.7. The fraction of sp³-hybridized carbons (Fsp3) is 0.200. The van der Waals surface area contributed by atoms with E-state index in [1.54, 1.807) is 0 Å². The Labute approximate surface area is 112 Å². The van der Waals surface area contributed by atoms with E-state index < -0.39 is 0 Å². The van der Waals surface area contributed by atoms with E-state index in [9.17, 15) is 0 Å². The maximum Gasteiger partial charge on any atom is 0.119 e. The van der Waals surface area contributed by atoms with Crippen molar-refractivity contribution in [1.29, 1.82) is 0 Å². The van der Waals surface area contributed by atoms with Crippen LogP contribution in [-0.4, -0.2) is 13.3 Å². The zero-order valence-electron chi connectivity index (χ0n) is 9.92. The zero-order chi connectivity index (χ0) is 12.4. The third-order valence-corrected chi connectivity index (χ3v) is 3.48. The molecule has 1 aliphatic heterocycles. The Bertz CT molecular complexity index is 512. The Hall–Kier alpha value is -1.51. The molecule has 0 spiro atoms. The molecule has 3 heteroatoms. The Kier molecular flexibility index (Phi) is 3.22. The molecule has 1 heterocycles. The Balaban J connectivity index is 1.90. The number of rotatable bonds is 2. The van der Waals surface area contributed by atoms with Gasteiger partial charge in [0, 0.05) is 10.7 Å². The van der Waals surface area contributed by atoms with E-state index in [1.807, 2.05) is 30.3 Å². The second kappa shape index (κ2) is 5.01. The van der Waals surface area contributed by atoms with Crippen LogP contribution in [0.1, 0.15) is 11.6 Å². The van der Waals surface area contributed by atoms with Crippen molar-refractivity contribution in [2.45, 2.75) is 6.04 Å². The highest BCUT2D eigenvalue weighted by atomic mass is 35.5. The molecule has 1 saturated heterocycles. The predicted molar refractivity (Wildman–Crippen MR) is 73.9 cm³/mol. The van der Waals surface area contributed by atoms with Crippen molar-refractivity contribution in [3.8, 4) is 0 Å². The van der Waals surface area contributed by atoms with Crippen LogP contribution in [0.3, 0.4) is 0 Å². The molecule has 1 atom stereocenters. The summed E-state index contributed by atoms with van der Waals surface area (Å²) < 4.78 is 5.60. The first-order valence-corrected chi connectivity index (χ1v) is 6.37. The van der Waals surface area contributed by atoms with Gasteiger partial charge in [-0.2, -0.15) is 0 Å². The topological polar surface area (TPSA) is 12.5 Å². The molecule has 0 radical (unpaired) electrons. The molecule has 2 nitrogen and oxygen atoms in total. The van der Waals surface area contributed by atoms with Crippen molar-refractivity contribution < 1.29 is 4.74 Å². The molecule has 0 N–H and O–H groups in total. The summed E-state index contributed by atoms with van der Waals surface area (Å²) >= 11 is 5.92. The van der Waals surface area contributed by atoms with Gasteiger partial charge in [-0.25, -0.2) is 0 Å². The van der Waals surface area contributed by atoms with Gasteiger partial charge < -0.3 is 9.64 Å². The number of anilines is 1. The molecule has 2 aromatic rings. The van der Waals surface area contributed by atoms with Crippen LogP contribution < -0.4 is 4.90 Å². The lowest BCUT2D eigenvalue weighted by atomic mass is 10.1. The molecule has 1 aliphatic rings. The molecule has 92 valence electrons. The van der Waals surface area contributed by atoms with Gasteiger partial charge >= 0.3 is 0 Å². The summed E-state index contributed by atoms with van der Waals surface area (Å²) in [5.41, 5.74) is 2.43. The van der Waals surface area contributed by atoms with Gasteiger partial charge in [-0.05, 0) is 29.8 Å². The van der Waals surface area contributed by atoms with Crippen LogP contribution in [0, 0.1) is 0 Å². The Morgan fingerprint density at radius 2 is 1.72 bits per heavy atom. The van der Waals surface area contributed by atoms with Crippen LogP contribution in [-0.2, 0) is 4.74 Å². The minimum absolute atomic E-state index is 0.285. The largest absolute Gasteiger partial charge is 0.359 e. The highest BCUT2D eigenvalue weighted by molar-refractivity contribution is 6.30. The normalized spacial score (nSPS) is 19.2. The van der Waals surface area contributed by atoms with Gasteiger partial charge in [0.05, 0.1) is 12.6 Å². The van der Waals surface area contributed by atoms with Gasteiger partial charge in [0.2, 0.25) is 0 Å². The maximum atomic E-state index is 5.92. The van der Waals surface area contributed by atoms with E-state index in [-0.39, 0.29) is 6.04 Å². The summed E-state index contributed by atoms with van der Waals surface area (Å²) in [6.07, 6.45) is 0. The predicted octanol–water partition coefficient (Wildman–Crippen LogP) is 3.88. The number of benzene rings is 2. The molecule has 0 amide bonds. The number of hydrogen-bond donors (Lipinski definition) is 0. The van der Waals surface area contributed by atoms with Crippen molar-refractivity contribution >= 4 is 17.3 Å². The smallest absolute Gasteiger partial charge is 0.119 e. The summed E-state index contributed by atoms with van der Waals surface area (Å²) in [5.74, 6) is 0. The van der Waals surface area contributed by atoms with Gasteiger partial charge in [0.1, 0.15) is 6.73 Å². The SMILES string of the molecule is Clc1ccc(N2COCC2c2ccccc2)cc1. The van der Waals surface area contributed by atoms with Crippen molar-refractivity contribution in [2.24, 2.45) is 0 Å². The standard InChI is InChI=1S/C15H14ClNO/c16-13-6-8-14(9-7-13)17-11-18-10-15(17)12-4-2-1-3-5-12/h1-9,15H,10-11H2. The first-order chi connectivity index (χ1) is 8.84. The second-order valence-corrected chi connectivity index (χ2v) is 4.81. The minimum Gasteiger partial charge on any atom is -0.359 e. The average Bonchev–Trinajstić information content (AvgIpc) is 2.90. The minimum atomic E-state index is 0.285. The Morgan fingerprint density at radius 3 is 2.44 bits per heavy atom. The summed E-state index contributed by atoms with van der Waals surface area (Å²) in [7, 11) is 0. The third-order valence-electron chi connectivity index (χ3n) is 3.22. The number of halogens is 1. The van der Waals surface area contributed by atoms with Gasteiger partial charge in [-0.1, -0.05) is 41.9 Å². The van der Waals surface area contributed by atoms with E-state index >= 15 is 0 Å². The fourth-order valence-corrected chi connectivity index (χ4v) is 2.41. The van der Waals surface area contributed by atoms with E-state index in [4.69, 9.17) is 16.3 Å². The van der Waals surface area contributed by atoms with Crippen molar-refractivity contribution in [3.05, 3.63) is 65.2 Å². The lowest BCUT2D eigenvalue weighted by Crippen LogP contribution is -2.23. The summed E-state index contributed by atoms with van der Waals surface area (Å²) in [6.45, 7) is 1.35. The quantitative estimate of drug-likeness (QED) is 0.812. The van der Waals surface area contributed by atoms with Gasteiger partial charge in [-0.15, -0.1) is 0 Å². The van der Waals surface area contributed by atoms with Crippen molar-refractivity contribution in [3.63, 3.8) is 0 Å². The van der Waals surface area contributed by atoms with E-state index in [2.05, 4.69) is 29.2 Å². The van der Waals surface area contributed by atoms with Crippen LogP contribution >= 0.6 is 11.6 Å². The molecule has 0 aromatic heterocycles. The van der Waals surface area contributed by atoms with Crippen molar-refractivity contribution in [2.75, 3.05) is 18.2 Å². The fourth-order valence-electron chi connectivity index (χ4n) is 2.28. The van der Waals surface area contributed by atoms with Crippen LogP contribution in [0.2, 0.25) is 5.02 Å². The summed E-state index contributed by atoms with van der Waals surface area (Å²) in [6, 6.07) is 18.6. The average molecular weight is 260 g/mol. The van der Waals surface area contributed by atoms with Crippen molar-refractivity contribution in [1.82, 2.24) is 0 Å².